The molecule has 0 radical (unpaired) electrons. The summed E-state index contributed by atoms with van der Waals surface area (Å²) in [5.41, 5.74) is 0. The van der Waals surface area contributed by atoms with Crippen molar-refractivity contribution in [2.24, 2.45) is 0 Å². The summed E-state index contributed by atoms with van der Waals surface area (Å²) in [4.78, 5) is 0. The quantitative estimate of drug-likeness (QED) is 0.419. The van der Waals surface area contributed by atoms with Crippen LogP contribution in [0.2, 0.25) is 0 Å². The topological polar surface area (TPSA) is 0 Å². The molecule has 0 unspecified atom stereocenters. The van der Waals surface area contributed by atoms with Crippen molar-refractivity contribution >= 4 is 0 Å². The fourth-order valence-corrected chi connectivity index (χ4v) is 0. The molecule has 0 aliphatic heterocycles. The van der Waals surface area contributed by atoms with Crippen LogP contribution in [0.25, 0.3) is 0 Å². The zero-order chi connectivity index (χ0) is 10.8. The number of rotatable bonds is 0. The van der Waals surface area contributed by atoms with Gasteiger partial charge in [0.25, 0.3) is 0 Å². The lowest BCUT2D eigenvalue weighted by Gasteiger charge is -0.0786. The van der Waals surface area contributed by atoms with Crippen LogP contribution in [-0.4, -0.2) is 0 Å². The van der Waals surface area contributed by atoms with Gasteiger partial charge in [0, 0.05) is 11.0 Å². The lowest BCUT2D eigenvalue weighted by molar-refractivity contribution is 2.50. The zero-order valence-corrected chi connectivity index (χ0v) is 2.83. The SMILES string of the molecule is [3H]C[3H].[3H]C[3H].[3H]C[3H].[3H]C[3H]. The van der Waals surface area contributed by atoms with Crippen LogP contribution in [0, 0.1) is 0 Å². The molecule has 0 rings (SSSR count). The third-order valence-corrected chi connectivity index (χ3v) is 0. The Morgan fingerprint density at radius 2 is 1.00 bits per heavy atom. The standard InChI is InChI=1S/4CH4/h4*1H4/i4*1T2. The van der Waals surface area contributed by atoms with E-state index in [1.54, 1.807) is 0 Å². The average molecular weight is 80.2 g/mol. The molecular formula is C4H16. The first-order valence-corrected chi connectivity index (χ1v) is 0. The lowest BCUT2D eigenvalue weighted by atomic mass is 12.0. The van der Waals surface area contributed by atoms with Crippen LogP contribution in [0.5, 0.6) is 0 Å². The summed E-state index contributed by atoms with van der Waals surface area (Å²) in [5, 5.41) is 0. The zero-order valence-electron chi connectivity index (χ0n) is 10.8. The molecule has 0 bridgehead atoms. The highest BCUT2D eigenvalue weighted by molar-refractivity contribution is 2.51. The van der Waals surface area contributed by atoms with E-state index < -0.39 is 0 Å². The van der Waals surface area contributed by atoms with E-state index in [1.165, 1.54) is 0 Å². The minimum Gasteiger partial charge on any atom is -0.0776 e. The van der Waals surface area contributed by atoms with Crippen molar-refractivity contribution < 1.29 is 11.0 Å². The molecule has 32 valence electrons. The maximum atomic E-state index is 5.88. The van der Waals surface area contributed by atoms with Gasteiger partial charge in [0.1, 0.15) is 0 Å². The summed E-state index contributed by atoms with van der Waals surface area (Å²) in [5.74, 6) is 0. The first-order chi connectivity index (χ1) is 5.66. The fraction of sp³-hybridized carbons (Fsp3) is 1.00. The van der Waals surface area contributed by atoms with Crippen LogP contribution in [0.15, 0.2) is 0 Å². The van der Waals surface area contributed by atoms with E-state index in [0.29, 0.717) is 0 Å². The minimum absolute atomic E-state index is 0.250. The predicted molar refractivity (Wildman–Crippen MR) is 26.9 cm³/mol. The van der Waals surface area contributed by atoms with Crippen LogP contribution in [-0.2, 0) is 0 Å². The number of hydrogen-bond donors (Lipinski definition) is 0. The Hall–Kier alpha value is 0. The molecule has 0 saturated heterocycles. The molecule has 0 fully saturated rings. The predicted octanol–water partition coefficient (Wildman–Crippen LogP) is 2.54. The molecule has 0 aromatic heterocycles. The van der Waals surface area contributed by atoms with Gasteiger partial charge in [-0.05, 0) is 0 Å². The summed E-state index contributed by atoms with van der Waals surface area (Å²) in [6, 6.07) is 0. The van der Waals surface area contributed by atoms with E-state index in [1.807, 2.05) is 0 Å². The molecule has 0 aliphatic rings. The Morgan fingerprint density at radius 3 is 1.00 bits per heavy atom. The smallest absolute Gasteiger partial charge is 0.0194 e. The first kappa shape index (κ1) is 0.562. The van der Waals surface area contributed by atoms with Crippen molar-refractivity contribution in [1.82, 2.24) is 0 Å². The van der Waals surface area contributed by atoms with Gasteiger partial charge in [-0.25, -0.2) is 0 Å². The fourth-order valence-electron chi connectivity index (χ4n) is 0. The van der Waals surface area contributed by atoms with E-state index in [4.69, 9.17) is 11.0 Å². The average Bonchev–Trinajstić information content (AvgIpc) is 1.92. The second-order valence-electron chi connectivity index (χ2n) is 0. The van der Waals surface area contributed by atoms with E-state index in [0.717, 1.165) is 0 Å². The van der Waals surface area contributed by atoms with Crippen LogP contribution < -0.4 is 0 Å². The Morgan fingerprint density at radius 1 is 1.00 bits per heavy atom. The van der Waals surface area contributed by atoms with Gasteiger partial charge in [-0.15, -0.1) is 0 Å². The Balaban J connectivity index is -0.0000000356. The molecule has 0 nitrogen and oxygen atoms in total. The highest BCUT2D eigenvalue weighted by atomic mass is 12.0. The van der Waals surface area contributed by atoms with Gasteiger partial charge in [-0.1, -0.05) is 29.5 Å². The Labute approximate surface area is 42.1 Å². The van der Waals surface area contributed by atoms with E-state index >= 15 is 0 Å². The Kier molecular flexibility index (Phi) is 0. The van der Waals surface area contributed by atoms with E-state index in [-0.39, 0.29) is 29.5 Å². The number of hydrogen-bond acceptors (Lipinski definition) is 0. The maximum Gasteiger partial charge on any atom is 0.0194 e. The molecule has 0 atom stereocenters. The van der Waals surface area contributed by atoms with Crippen LogP contribution in [0.4, 0.5) is 0 Å². The molecule has 0 heteroatoms. The lowest BCUT2D eigenvalue weighted by Crippen LogP contribution is 0.143. The van der Waals surface area contributed by atoms with Gasteiger partial charge in [0.2, 0.25) is 0 Å². The van der Waals surface area contributed by atoms with Crippen molar-refractivity contribution in [3.05, 3.63) is 0 Å². The molecule has 0 amide bonds. The van der Waals surface area contributed by atoms with Crippen LogP contribution >= 0.6 is 0 Å². The monoisotopic (exact) mass is 80.2 g/mol. The molecule has 0 aromatic rings. The highest BCUT2D eigenvalue weighted by Crippen LogP contribution is 0.147. The van der Waals surface area contributed by atoms with Gasteiger partial charge in [-0.2, -0.15) is 0 Å². The third kappa shape index (κ3) is 0. The van der Waals surface area contributed by atoms with Gasteiger partial charge in [0.05, 0.1) is 0 Å². The molecular weight excluding hydrogens is 48.0 g/mol. The molecule has 0 aliphatic carbocycles. The van der Waals surface area contributed by atoms with Crippen LogP contribution in [0.1, 0.15) is 40.5 Å². The van der Waals surface area contributed by atoms with Crippen molar-refractivity contribution in [2.75, 3.05) is 0 Å². The largest absolute Gasteiger partial charge is 0.0776 e. The maximum absolute atomic E-state index is 5.88. The summed E-state index contributed by atoms with van der Waals surface area (Å²) >= 11 is 0. The summed E-state index contributed by atoms with van der Waals surface area (Å²) in [6.07, 6.45) is 0. The second kappa shape index (κ2) is 0. The van der Waals surface area contributed by atoms with Crippen molar-refractivity contribution in [2.45, 2.75) is 29.5 Å². The Bertz CT molecular complexity index is 19.0. The molecule has 4 heavy (non-hydrogen) atoms. The first-order valence-electron chi connectivity index (χ1n) is 5.66. The summed E-state index contributed by atoms with van der Waals surface area (Å²) < 4.78 is 47.0. The van der Waals surface area contributed by atoms with Gasteiger partial charge < -0.3 is 0 Å². The molecule has 0 spiro atoms. The molecule has 0 saturated carbocycles. The van der Waals surface area contributed by atoms with Gasteiger partial charge in [0.15, 0.2) is 0 Å². The van der Waals surface area contributed by atoms with Crippen molar-refractivity contribution in [3.8, 4) is 0 Å². The van der Waals surface area contributed by atoms with Crippen molar-refractivity contribution in [1.29, 1.82) is 0 Å². The molecule has 0 aromatic carbocycles. The minimum atomic E-state index is -0.250. The highest BCUT2D eigenvalue weighted by Gasteiger charge is -0.0746. The van der Waals surface area contributed by atoms with Gasteiger partial charge >= 0.3 is 0 Å². The van der Waals surface area contributed by atoms with Crippen molar-refractivity contribution in [3.63, 3.8) is 0 Å². The van der Waals surface area contributed by atoms with Gasteiger partial charge in [-0.3, -0.25) is 0 Å². The van der Waals surface area contributed by atoms with E-state index in [9.17, 15) is 0 Å². The van der Waals surface area contributed by atoms with Crippen LogP contribution in [0.3, 0.4) is 0 Å². The molecule has 0 heterocycles. The molecule has 0 N–H and O–H groups in total. The van der Waals surface area contributed by atoms with E-state index in [2.05, 4.69) is 0 Å². The third-order valence-electron chi connectivity index (χ3n) is 0. The summed E-state index contributed by atoms with van der Waals surface area (Å²) in [7, 11) is -1.00. The summed E-state index contributed by atoms with van der Waals surface area (Å²) in [6.45, 7) is 0. The second-order valence-corrected chi connectivity index (χ2v) is 0. The normalized spacial score (nSPS) is 20.0.